The molecule has 0 spiro atoms. The molecule has 1 atom stereocenters. The number of hydrogen-bond acceptors (Lipinski definition) is 4. The molecule has 0 aliphatic heterocycles. The number of carbonyl (C=O) groups excluding carboxylic acids is 1. The lowest BCUT2D eigenvalue weighted by Crippen LogP contribution is -2.33. The normalized spacial score (nSPS) is 12.9. The van der Waals surface area contributed by atoms with Crippen molar-refractivity contribution in [1.29, 1.82) is 0 Å². The number of hydrogen-bond donors (Lipinski definition) is 1. The SMILES string of the molecule is CCOCCCCC[C@@H](OC(=O)c1ccc(O)cc1)C(F)(F)F. The third-order valence-corrected chi connectivity index (χ3v) is 3.18. The van der Waals surface area contributed by atoms with Crippen molar-refractivity contribution in [3.8, 4) is 5.75 Å². The molecule has 0 aliphatic carbocycles. The second-order valence-electron chi connectivity index (χ2n) is 5.03. The van der Waals surface area contributed by atoms with Crippen molar-refractivity contribution in [3.05, 3.63) is 29.8 Å². The van der Waals surface area contributed by atoms with E-state index in [1.54, 1.807) is 0 Å². The Morgan fingerprint density at radius 1 is 1.17 bits per heavy atom. The summed E-state index contributed by atoms with van der Waals surface area (Å²) in [6.07, 6.45) is -5.48. The summed E-state index contributed by atoms with van der Waals surface area (Å²) in [5, 5.41) is 9.11. The summed E-state index contributed by atoms with van der Waals surface area (Å²) in [5.74, 6) is -1.13. The summed E-state index contributed by atoms with van der Waals surface area (Å²) in [4.78, 5) is 11.8. The predicted molar refractivity (Wildman–Crippen MR) is 78.3 cm³/mol. The minimum atomic E-state index is -4.60. The molecule has 0 unspecified atom stereocenters. The van der Waals surface area contributed by atoms with Gasteiger partial charge in [0.2, 0.25) is 0 Å². The van der Waals surface area contributed by atoms with Crippen molar-refractivity contribution in [2.75, 3.05) is 13.2 Å². The number of alkyl halides is 3. The number of aromatic hydroxyl groups is 1. The second-order valence-corrected chi connectivity index (χ2v) is 5.03. The van der Waals surface area contributed by atoms with Gasteiger partial charge in [-0.15, -0.1) is 0 Å². The van der Waals surface area contributed by atoms with Gasteiger partial charge in [-0.2, -0.15) is 13.2 Å². The Bertz CT molecular complexity index is 471. The standard InChI is InChI=1S/C16H21F3O4/c1-2-22-11-5-3-4-6-14(16(17,18)19)23-15(21)12-7-9-13(20)10-8-12/h7-10,14,20H,2-6,11H2,1H3/t14-/m1/s1. The van der Waals surface area contributed by atoms with Crippen molar-refractivity contribution in [2.24, 2.45) is 0 Å². The van der Waals surface area contributed by atoms with E-state index in [2.05, 4.69) is 4.74 Å². The molecule has 0 saturated carbocycles. The molecule has 7 heteroatoms. The third-order valence-electron chi connectivity index (χ3n) is 3.18. The zero-order valence-electron chi connectivity index (χ0n) is 12.9. The fourth-order valence-electron chi connectivity index (χ4n) is 1.94. The van der Waals surface area contributed by atoms with Gasteiger partial charge in [-0.1, -0.05) is 6.42 Å². The second kappa shape index (κ2) is 9.39. The van der Waals surface area contributed by atoms with Gasteiger partial charge < -0.3 is 14.6 Å². The highest BCUT2D eigenvalue weighted by molar-refractivity contribution is 5.89. The van der Waals surface area contributed by atoms with Crippen molar-refractivity contribution >= 4 is 5.97 Å². The summed E-state index contributed by atoms with van der Waals surface area (Å²) < 4.78 is 48.5. The van der Waals surface area contributed by atoms with Gasteiger partial charge in [0, 0.05) is 13.2 Å². The van der Waals surface area contributed by atoms with Crippen molar-refractivity contribution in [2.45, 2.75) is 44.9 Å². The molecule has 23 heavy (non-hydrogen) atoms. The Balaban J connectivity index is 2.51. The summed E-state index contributed by atoms with van der Waals surface area (Å²) in [5.41, 5.74) is -0.0339. The first-order chi connectivity index (χ1) is 10.8. The first-order valence-electron chi connectivity index (χ1n) is 7.49. The molecule has 130 valence electrons. The molecule has 4 nitrogen and oxygen atoms in total. The minimum absolute atomic E-state index is 0.0339. The van der Waals surface area contributed by atoms with E-state index in [9.17, 15) is 18.0 Å². The molecule has 0 fully saturated rings. The summed E-state index contributed by atoms with van der Waals surface area (Å²) in [6, 6.07) is 4.86. The van der Waals surface area contributed by atoms with Gasteiger partial charge >= 0.3 is 12.1 Å². The zero-order chi connectivity index (χ0) is 17.3. The lowest BCUT2D eigenvalue weighted by atomic mass is 10.1. The first kappa shape index (κ1) is 19.3. The molecular formula is C16H21F3O4. The quantitative estimate of drug-likeness (QED) is 0.546. The third kappa shape index (κ3) is 7.36. The van der Waals surface area contributed by atoms with Gasteiger partial charge in [0.05, 0.1) is 5.56 Å². The van der Waals surface area contributed by atoms with Crippen LogP contribution in [0.25, 0.3) is 0 Å². The maximum atomic E-state index is 12.9. The number of benzene rings is 1. The fourth-order valence-corrected chi connectivity index (χ4v) is 1.94. The van der Waals surface area contributed by atoms with Gasteiger partial charge in [-0.25, -0.2) is 4.79 Å². The van der Waals surface area contributed by atoms with Gasteiger partial charge in [0.25, 0.3) is 0 Å². The van der Waals surface area contributed by atoms with Crippen LogP contribution in [0.5, 0.6) is 5.75 Å². The molecule has 0 amide bonds. The van der Waals surface area contributed by atoms with E-state index in [0.29, 0.717) is 32.5 Å². The Hall–Kier alpha value is -1.76. The zero-order valence-corrected chi connectivity index (χ0v) is 12.9. The summed E-state index contributed by atoms with van der Waals surface area (Å²) >= 11 is 0. The Labute approximate surface area is 133 Å². The number of unbranched alkanes of at least 4 members (excludes halogenated alkanes) is 2. The number of phenols is 1. The van der Waals surface area contributed by atoms with E-state index in [4.69, 9.17) is 9.84 Å². The van der Waals surface area contributed by atoms with Gasteiger partial charge in [0.15, 0.2) is 6.10 Å². The molecule has 1 aromatic rings. The van der Waals surface area contributed by atoms with Crippen LogP contribution in [0.4, 0.5) is 13.2 Å². The number of ether oxygens (including phenoxy) is 2. The van der Waals surface area contributed by atoms with E-state index in [1.165, 1.54) is 24.3 Å². The molecular weight excluding hydrogens is 313 g/mol. The fraction of sp³-hybridized carbons (Fsp3) is 0.562. The van der Waals surface area contributed by atoms with E-state index in [1.807, 2.05) is 6.92 Å². The van der Waals surface area contributed by atoms with Crippen LogP contribution < -0.4 is 0 Å². The summed E-state index contributed by atoms with van der Waals surface area (Å²) in [6.45, 7) is 2.94. The predicted octanol–water partition coefficient (Wildman–Crippen LogP) is 4.08. The van der Waals surface area contributed by atoms with Crippen LogP contribution in [0.2, 0.25) is 0 Å². The maximum Gasteiger partial charge on any atom is 0.425 e. The highest BCUT2D eigenvalue weighted by Crippen LogP contribution is 2.28. The van der Waals surface area contributed by atoms with Crippen molar-refractivity contribution < 1.29 is 32.5 Å². The van der Waals surface area contributed by atoms with Crippen molar-refractivity contribution in [3.63, 3.8) is 0 Å². The lowest BCUT2D eigenvalue weighted by molar-refractivity contribution is -0.206. The van der Waals surface area contributed by atoms with Crippen LogP contribution in [0.15, 0.2) is 24.3 Å². The molecule has 1 N–H and O–H groups in total. The Kier molecular flexibility index (Phi) is 7.88. The molecule has 1 aromatic carbocycles. The average Bonchev–Trinajstić information content (AvgIpc) is 2.49. The number of rotatable bonds is 9. The van der Waals surface area contributed by atoms with Gasteiger partial charge in [0.1, 0.15) is 5.75 Å². The molecule has 0 radical (unpaired) electrons. The molecule has 0 heterocycles. The molecule has 1 rings (SSSR count). The topological polar surface area (TPSA) is 55.8 Å². The molecule has 0 aromatic heterocycles. The van der Waals surface area contributed by atoms with E-state index >= 15 is 0 Å². The number of phenolic OH excluding ortho intramolecular Hbond substituents is 1. The molecule has 0 aliphatic rings. The Morgan fingerprint density at radius 2 is 1.83 bits per heavy atom. The number of halogens is 3. The number of carbonyl (C=O) groups is 1. The highest BCUT2D eigenvalue weighted by atomic mass is 19.4. The summed E-state index contributed by atoms with van der Waals surface area (Å²) in [7, 11) is 0. The van der Waals surface area contributed by atoms with Crippen LogP contribution in [0.1, 0.15) is 43.0 Å². The Morgan fingerprint density at radius 3 is 2.39 bits per heavy atom. The largest absolute Gasteiger partial charge is 0.508 e. The average molecular weight is 334 g/mol. The maximum absolute atomic E-state index is 12.9. The van der Waals surface area contributed by atoms with E-state index in [0.717, 1.165) is 0 Å². The molecule has 0 saturated heterocycles. The molecule has 0 bridgehead atoms. The minimum Gasteiger partial charge on any atom is -0.508 e. The van der Waals surface area contributed by atoms with Crippen LogP contribution in [0, 0.1) is 0 Å². The first-order valence-corrected chi connectivity index (χ1v) is 7.49. The van der Waals surface area contributed by atoms with Crippen LogP contribution in [-0.2, 0) is 9.47 Å². The van der Waals surface area contributed by atoms with Crippen LogP contribution in [-0.4, -0.2) is 36.6 Å². The van der Waals surface area contributed by atoms with E-state index in [-0.39, 0.29) is 17.7 Å². The number of esters is 1. The van der Waals surface area contributed by atoms with Gasteiger partial charge in [-0.3, -0.25) is 0 Å². The monoisotopic (exact) mass is 334 g/mol. The van der Waals surface area contributed by atoms with Crippen molar-refractivity contribution in [1.82, 2.24) is 0 Å². The smallest absolute Gasteiger partial charge is 0.425 e. The van der Waals surface area contributed by atoms with Crippen LogP contribution >= 0.6 is 0 Å². The van der Waals surface area contributed by atoms with Crippen LogP contribution in [0.3, 0.4) is 0 Å². The lowest BCUT2D eigenvalue weighted by Gasteiger charge is -2.20. The van der Waals surface area contributed by atoms with Gasteiger partial charge in [-0.05, 0) is 50.5 Å². The van der Waals surface area contributed by atoms with E-state index < -0.39 is 18.2 Å². The highest BCUT2D eigenvalue weighted by Gasteiger charge is 2.42.